The van der Waals surface area contributed by atoms with Crippen LogP contribution in [0.3, 0.4) is 0 Å². The van der Waals surface area contributed by atoms with Gasteiger partial charge in [-0.05, 0) is 79.0 Å². The molecule has 1 atom stereocenters. The van der Waals surface area contributed by atoms with Crippen LogP contribution in [0.2, 0.25) is 0 Å². The Bertz CT molecular complexity index is 1050. The molecular formula is C26H36N2O3S. The zero-order valence-electron chi connectivity index (χ0n) is 19.6. The van der Waals surface area contributed by atoms with Gasteiger partial charge >= 0.3 is 0 Å². The van der Waals surface area contributed by atoms with Crippen molar-refractivity contribution in [2.24, 2.45) is 0 Å². The van der Waals surface area contributed by atoms with Gasteiger partial charge in [-0.25, -0.2) is 8.42 Å². The number of likely N-dealkylation sites (N-methyl/N-ethyl adjacent to an activating group) is 1. The fourth-order valence-electron chi connectivity index (χ4n) is 5.24. The highest BCUT2D eigenvalue weighted by Crippen LogP contribution is 2.37. The Balaban J connectivity index is 1.35. The summed E-state index contributed by atoms with van der Waals surface area (Å²) in [5.41, 5.74) is 6.44. The van der Waals surface area contributed by atoms with Gasteiger partial charge in [-0.2, -0.15) is 4.31 Å². The number of hydrogen-bond donors (Lipinski definition) is 0. The number of rotatable bonds is 9. The van der Waals surface area contributed by atoms with Crippen molar-refractivity contribution in [3.05, 3.63) is 64.2 Å². The largest absolute Gasteiger partial charge is 0.496 e. The van der Waals surface area contributed by atoms with Gasteiger partial charge in [0.15, 0.2) is 0 Å². The molecule has 0 radical (unpaired) electrons. The molecule has 0 saturated heterocycles. The standard InChI is InChI=1S/C26H36N2O3S/c1-4-15-32(29,30)28-18-21-12-11-20(16-23(21)19-28)13-14-27(2)17-22-7-5-9-25-24(22)8-6-10-26(25)31-3/h6,8,10-12,16,22H,4-5,7,9,13-15,17-19H2,1-3H3. The molecule has 32 heavy (non-hydrogen) atoms. The minimum Gasteiger partial charge on any atom is -0.496 e. The van der Waals surface area contributed by atoms with Gasteiger partial charge in [0.2, 0.25) is 10.0 Å². The summed E-state index contributed by atoms with van der Waals surface area (Å²) in [4.78, 5) is 2.44. The predicted octanol–water partition coefficient (Wildman–Crippen LogP) is 4.35. The van der Waals surface area contributed by atoms with E-state index in [-0.39, 0.29) is 5.75 Å². The number of hydrogen-bond acceptors (Lipinski definition) is 4. The zero-order valence-corrected chi connectivity index (χ0v) is 20.5. The number of sulfonamides is 1. The molecule has 0 saturated carbocycles. The van der Waals surface area contributed by atoms with E-state index in [0.29, 0.717) is 25.4 Å². The molecule has 174 valence electrons. The molecule has 0 N–H and O–H groups in total. The molecule has 0 aromatic heterocycles. The van der Waals surface area contributed by atoms with Crippen LogP contribution in [0.25, 0.3) is 0 Å². The van der Waals surface area contributed by atoms with Crippen LogP contribution in [0.5, 0.6) is 5.75 Å². The third-order valence-corrected chi connectivity index (χ3v) is 8.91. The van der Waals surface area contributed by atoms with Crippen molar-refractivity contribution < 1.29 is 13.2 Å². The third kappa shape index (κ3) is 5.03. The second-order valence-electron chi connectivity index (χ2n) is 9.32. The molecule has 0 bridgehead atoms. The maximum atomic E-state index is 12.4. The van der Waals surface area contributed by atoms with Crippen molar-refractivity contribution in [3.8, 4) is 5.75 Å². The average molecular weight is 457 g/mol. The SMILES string of the molecule is CCCS(=O)(=O)N1Cc2ccc(CCN(C)CC3CCCc4c(OC)cccc43)cc2C1. The lowest BCUT2D eigenvalue weighted by molar-refractivity contribution is 0.299. The molecule has 0 amide bonds. The van der Waals surface area contributed by atoms with Crippen LogP contribution in [0, 0.1) is 0 Å². The fourth-order valence-corrected chi connectivity index (χ4v) is 6.68. The van der Waals surface area contributed by atoms with E-state index >= 15 is 0 Å². The molecule has 0 spiro atoms. The first-order valence-corrected chi connectivity index (χ1v) is 13.4. The molecule has 4 rings (SSSR count). The molecule has 1 aliphatic heterocycles. The molecule has 2 aromatic rings. The molecule has 5 nitrogen and oxygen atoms in total. The summed E-state index contributed by atoms with van der Waals surface area (Å²) in [6.07, 6.45) is 5.19. The Labute approximate surface area is 193 Å². The molecule has 0 fully saturated rings. The second-order valence-corrected chi connectivity index (χ2v) is 11.4. The van der Waals surface area contributed by atoms with Crippen molar-refractivity contribution >= 4 is 10.0 Å². The third-order valence-electron chi connectivity index (χ3n) is 6.94. The summed E-state index contributed by atoms with van der Waals surface area (Å²) in [5, 5.41) is 0. The van der Waals surface area contributed by atoms with Gasteiger partial charge < -0.3 is 9.64 Å². The van der Waals surface area contributed by atoms with Crippen LogP contribution in [0.1, 0.15) is 59.9 Å². The Morgan fingerprint density at radius 1 is 1.16 bits per heavy atom. The Morgan fingerprint density at radius 3 is 2.75 bits per heavy atom. The molecule has 1 aliphatic carbocycles. The average Bonchev–Trinajstić information content (AvgIpc) is 3.22. The van der Waals surface area contributed by atoms with Gasteiger partial charge in [0.25, 0.3) is 0 Å². The Hall–Kier alpha value is -1.89. The number of fused-ring (bicyclic) bond motifs is 2. The zero-order chi connectivity index (χ0) is 22.7. The molecule has 6 heteroatoms. The van der Waals surface area contributed by atoms with Gasteiger partial charge in [-0.1, -0.05) is 37.3 Å². The summed E-state index contributed by atoms with van der Waals surface area (Å²) in [5.74, 6) is 1.81. The molecule has 2 aromatic carbocycles. The van der Waals surface area contributed by atoms with Crippen molar-refractivity contribution in [3.63, 3.8) is 0 Å². The lowest BCUT2D eigenvalue weighted by atomic mass is 9.82. The molecule has 1 unspecified atom stereocenters. The Morgan fingerprint density at radius 2 is 1.97 bits per heavy atom. The Kier molecular flexibility index (Phi) is 7.23. The first-order valence-electron chi connectivity index (χ1n) is 11.8. The van der Waals surface area contributed by atoms with Crippen LogP contribution in [0.4, 0.5) is 0 Å². The smallest absolute Gasteiger partial charge is 0.214 e. The topological polar surface area (TPSA) is 49.9 Å². The number of nitrogens with zero attached hydrogens (tertiary/aromatic N) is 2. The van der Waals surface area contributed by atoms with E-state index in [4.69, 9.17) is 4.74 Å². The van der Waals surface area contributed by atoms with Crippen LogP contribution >= 0.6 is 0 Å². The van der Waals surface area contributed by atoms with Crippen LogP contribution in [-0.2, 0) is 36.0 Å². The van der Waals surface area contributed by atoms with Gasteiger partial charge in [0.1, 0.15) is 5.75 Å². The van der Waals surface area contributed by atoms with E-state index in [9.17, 15) is 8.42 Å². The normalized spacial score (nSPS) is 18.6. The monoisotopic (exact) mass is 456 g/mol. The lowest BCUT2D eigenvalue weighted by Crippen LogP contribution is -2.28. The number of benzene rings is 2. The summed E-state index contributed by atoms with van der Waals surface area (Å²) >= 11 is 0. The summed E-state index contributed by atoms with van der Waals surface area (Å²) in [6.45, 7) is 4.99. The van der Waals surface area contributed by atoms with Crippen molar-refractivity contribution in [1.82, 2.24) is 9.21 Å². The highest BCUT2D eigenvalue weighted by Gasteiger charge is 2.28. The van der Waals surface area contributed by atoms with Crippen molar-refractivity contribution in [2.75, 3.05) is 33.0 Å². The van der Waals surface area contributed by atoms with E-state index in [1.54, 1.807) is 11.4 Å². The van der Waals surface area contributed by atoms with E-state index in [0.717, 1.165) is 42.8 Å². The molecule has 2 aliphatic rings. The van der Waals surface area contributed by atoms with E-state index in [1.165, 1.54) is 29.5 Å². The van der Waals surface area contributed by atoms with E-state index in [1.807, 2.05) is 6.92 Å². The van der Waals surface area contributed by atoms with Gasteiger partial charge in [0.05, 0.1) is 12.9 Å². The van der Waals surface area contributed by atoms with E-state index in [2.05, 4.69) is 48.3 Å². The predicted molar refractivity (Wildman–Crippen MR) is 130 cm³/mol. The van der Waals surface area contributed by atoms with Crippen LogP contribution in [0.15, 0.2) is 36.4 Å². The highest BCUT2D eigenvalue weighted by atomic mass is 32.2. The minimum atomic E-state index is -3.15. The van der Waals surface area contributed by atoms with Crippen molar-refractivity contribution in [1.29, 1.82) is 0 Å². The summed E-state index contributed by atoms with van der Waals surface area (Å²) in [7, 11) is 0.827. The van der Waals surface area contributed by atoms with Crippen LogP contribution < -0.4 is 4.74 Å². The minimum absolute atomic E-state index is 0.231. The highest BCUT2D eigenvalue weighted by molar-refractivity contribution is 7.89. The number of ether oxygens (including phenoxy) is 1. The lowest BCUT2D eigenvalue weighted by Gasteiger charge is -2.30. The van der Waals surface area contributed by atoms with Crippen molar-refractivity contribution in [2.45, 2.75) is 58.0 Å². The first kappa shape index (κ1) is 23.3. The number of methoxy groups -OCH3 is 1. The molecule has 1 heterocycles. The quantitative estimate of drug-likeness (QED) is 0.563. The molecular weight excluding hydrogens is 420 g/mol. The van der Waals surface area contributed by atoms with Gasteiger partial charge in [-0.3, -0.25) is 0 Å². The van der Waals surface area contributed by atoms with Crippen LogP contribution in [-0.4, -0.2) is 50.6 Å². The fraction of sp³-hybridized carbons (Fsp3) is 0.538. The van der Waals surface area contributed by atoms with Gasteiger partial charge in [0, 0.05) is 26.2 Å². The summed E-state index contributed by atoms with van der Waals surface area (Å²) < 4.78 is 32.1. The maximum absolute atomic E-state index is 12.4. The second kappa shape index (κ2) is 9.94. The summed E-state index contributed by atoms with van der Waals surface area (Å²) in [6, 6.07) is 13.0. The maximum Gasteiger partial charge on any atom is 0.214 e. The van der Waals surface area contributed by atoms with Gasteiger partial charge in [-0.15, -0.1) is 0 Å². The first-order chi connectivity index (χ1) is 15.4. The van der Waals surface area contributed by atoms with E-state index < -0.39 is 10.0 Å².